The highest BCUT2D eigenvalue weighted by molar-refractivity contribution is 5.94. The molecule has 0 atom stereocenters. The molecule has 1 aliphatic heterocycles. The molecule has 5 aromatic rings. The molecular formula is C40H46FN7O4. The van der Waals surface area contributed by atoms with E-state index in [9.17, 15) is 14.7 Å². The van der Waals surface area contributed by atoms with E-state index < -0.39 is 18.0 Å². The van der Waals surface area contributed by atoms with Crippen molar-refractivity contribution in [1.29, 1.82) is 0 Å². The molecule has 3 aromatic heterocycles. The van der Waals surface area contributed by atoms with Crippen molar-refractivity contribution in [2.45, 2.75) is 59.5 Å². The van der Waals surface area contributed by atoms with Crippen LogP contribution in [0.25, 0.3) is 27.7 Å². The minimum atomic E-state index is -0.641. The van der Waals surface area contributed by atoms with E-state index in [0.717, 1.165) is 10.2 Å². The number of amides is 1. The highest BCUT2D eigenvalue weighted by Gasteiger charge is 2.22. The van der Waals surface area contributed by atoms with E-state index in [1.807, 2.05) is 20.8 Å². The van der Waals surface area contributed by atoms with Crippen LogP contribution in [0.15, 0.2) is 84.7 Å². The second-order valence-electron chi connectivity index (χ2n) is 13.5. The van der Waals surface area contributed by atoms with E-state index in [-0.39, 0.29) is 16.7 Å². The predicted octanol–water partition coefficient (Wildman–Crippen LogP) is 6.88. The Morgan fingerprint density at radius 2 is 1.85 bits per heavy atom. The van der Waals surface area contributed by atoms with Crippen molar-refractivity contribution in [1.82, 2.24) is 29.6 Å². The fraction of sp³-hybridized carbons (Fsp3) is 0.325. The first kappa shape index (κ1) is 37.8. The fourth-order valence-electron chi connectivity index (χ4n) is 5.59. The standard InChI is InChI=1S/C36H36FN7O4.C4H10/c1-22(16-29(33-38-10-11-39-33)42-31-9-8-23(19-40-31)34(46)43-12-14-48-15-13-43)26-6-5-7-30(27(26)21-45)44-35(47)32-24(20-41-44)17-25(18-28(32)37)36(2,3)4;1-3-4-2/h5-11,16-20,45H,1,12-15,21H2,2-4H3,(H,38,39)(H,40,42);3-4H2,1-2H3/b29-16+;. The molecule has 1 fully saturated rings. The number of carbonyl (C=O) groups is 1. The van der Waals surface area contributed by atoms with Crippen LogP contribution in [0, 0.1) is 5.82 Å². The van der Waals surface area contributed by atoms with Crippen LogP contribution < -0.4 is 10.9 Å². The number of aromatic nitrogens is 5. The third kappa shape index (κ3) is 8.52. The monoisotopic (exact) mass is 707 g/mol. The first-order chi connectivity index (χ1) is 25.0. The van der Waals surface area contributed by atoms with Crippen molar-refractivity contribution in [3.8, 4) is 5.69 Å². The van der Waals surface area contributed by atoms with Crippen molar-refractivity contribution in [2.75, 3.05) is 31.6 Å². The van der Waals surface area contributed by atoms with Crippen molar-refractivity contribution < 1.29 is 19.0 Å². The Bertz CT molecular complexity index is 2110. The van der Waals surface area contributed by atoms with Crippen LogP contribution in [-0.4, -0.2) is 66.9 Å². The molecule has 272 valence electrons. The molecule has 0 radical (unpaired) electrons. The number of hydrogen-bond donors (Lipinski definition) is 3. The lowest BCUT2D eigenvalue weighted by Crippen LogP contribution is -2.40. The average molecular weight is 708 g/mol. The molecule has 1 saturated heterocycles. The van der Waals surface area contributed by atoms with Gasteiger partial charge in [0.15, 0.2) is 5.82 Å². The van der Waals surface area contributed by atoms with Gasteiger partial charge in [-0.1, -0.05) is 66.2 Å². The van der Waals surface area contributed by atoms with Gasteiger partial charge >= 0.3 is 0 Å². The van der Waals surface area contributed by atoms with Gasteiger partial charge in [0.05, 0.1) is 48.4 Å². The molecule has 6 rings (SSSR count). The van der Waals surface area contributed by atoms with Crippen LogP contribution in [0.5, 0.6) is 0 Å². The zero-order valence-corrected chi connectivity index (χ0v) is 30.4. The van der Waals surface area contributed by atoms with Gasteiger partial charge in [-0.3, -0.25) is 9.59 Å². The molecule has 1 amide bonds. The maximum absolute atomic E-state index is 15.4. The summed E-state index contributed by atoms with van der Waals surface area (Å²) in [4.78, 5) is 40.1. The van der Waals surface area contributed by atoms with Crippen molar-refractivity contribution in [3.63, 3.8) is 0 Å². The molecule has 0 aliphatic carbocycles. The largest absolute Gasteiger partial charge is 0.392 e. The number of unbranched alkanes of at least 4 members (excludes halogenated alkanes) is 1. The minimum absolute atomic E-state index is 0.0829. The number of ether oxygens (including phenoxy) is 1. The number of benzene rings is 2. The molecule has 0 spiro atoms. The molecule has 3 N–H and O–H groups in total. The maximum Gasteiger partial charge on any atom is 0.282 e. The first-order valence-corrected chi connectivity index (χ1v) is 17.4. The summed E-state index contributed by atoms with van der Waals surface area (Å²) in [5.41, 5.74) is 2.46. The maximum atomic E-state index is 15.4. The molecule has 0 bridgehead atoms. The van der Waals surface area contributed by atoms with E-state index in [4.69, 9.17) is 4.74 Å². The smallest absolute Gasteiger partial charge is 0.282 e. The SMILES string of the molecule is C=C(/C=C(/Nc1ccc(C(=O)N2CCOCC2)cn1)c1ncc[nH]1)c1cccc(-n2ncc3cc(C(C)(C)C)cc(F)c3c2=O)c1CO.CCCC. The molecule has 11 nitrogen and oxygen atoms in total. The van der Waals surface area contributed by atoms with Gasteiger partial charge in [-0.05, 0) is 58.5 Å². The highest BCUT2D eigenvalue weighted by Crippen LogP contribution is 2.29. The second kappa shape index (κ2) is 16.7. The zero-order chi connectivity index (χ0) is 37.4. The number of halogens is 1. The number of nitrogens with one attached hydrogen (secondary N) is 2. The Morgan fingerprint density at radius 1 is 1.10 bits per heavy atom. The molecule has 12 heteroatoms. The number of morpholine rings is 1. The number of anilines is 1. The third-order valence-electron chi connectivity index (χ3n) is 8.73. The average Bonchev–Trinajstić information content (AvgIpc) is 3.70. The van der Waals surface area contributed by atoms with Gasteiger partial charge in [0.2, 0.25) is 0 Å². The fourth-order valence-corrected chi connectivity index (χ4v) is 5.59. The van der Waals surface area contributed by atoms with E-state index >= 15 is 4.39 Å². The van der Waals surface area contributed by atoms with Gasteiger partial charge in [-0.15, -0.1) is 0 Å². The number of nitrogens with zero attached hydrogens (tertiary/aromatic N) is 5. The Hall–Kier alpha value is -5.46. The van der Waals surface area contributed by atoms with Gasteiger partial charge in [-0.2, -0.15) is 9.78 Å². The number of rotatable bonds is 9. The number of fused-ring (bicyclic) bond motifs is 1. The van der Waals surface area contributed by atoms with Crippen molar-refractivity contribution in [3.05, 3.63) is 124 Å². The van der Waals surface area contributed by atoms with Crippen LogP contribution in [0.2, 0.25) is 0 Å². The normalized spacial score (nSPS) is 13.4. The first-order valence-electron chi connectivity index (χ1n) is 17.4. The summed E-state index contributed by atoms with van der Waals surface area (Å²) in [6.07, 6.45) is 10.6. The van der Waals surface area contributed by atoms with E-state index in [0.29, 0.717) is 77.0 Å². The lowest BCUT2D eigenvalue weighted by Gasteiger charge is -2.26. The van der Waals surface area contributed by atoms with Crippen LogP contribution >= 0.6 is 0 Å². The Morgan fingerprint density at radius 3 is 2.46 bits per heavy atom. The molecule has 0 unspecified atom stereocenters. The van der Waals surface area contributed by atoms with Gasteiger partial charge < -0.3 is 25.0 Å². The van der Waals surface area contributed by atoms with Crippen molar-refractivity contribution in [2.24, 2.45) is 0 Å². The van der Waals surface area contributed by atoms with E-state index in [1.165, 1.54) is 31.3 Å². The summed E-state index contributed by atoms with van der Waals surface area (Å²) >= 11 is 0. The number of hydrogen-bond acceptors (Lipinski definition) is 8. The van der Waals surface area contributed by atoms with Crippen LogP contribution in [0.4, 0.5) is 10.2 Å². The van der Waals surface area contributed by atoms with E-state index in [2.05, 4.69) is 45.8 Å². The molecule has 1 aliphatic rings. The van der Waals surface area contributed by atoms with Crippen LogP contribution in [0.1, 0.15) is 80.3 Å². The second-order valence-corrected chi connectivity index (χ2v) is 13.5. The number of imidazole rings is 1. The molecule has 0 saturated carbocycles. The summed E-state index contributed by atoms with van der Waals surface area (Å²) in [5.74, 6) is 0.213. The lowest BCUT2D eigenvalue weighted by atomic mass is 9.86. The minimum Gasteiger partial charge on any atom is -0.392 e. The van der Waals surface area contributed by atoms with Gasteiger partial charge in [-0.25, -0.2) is 14.4 Å². The predicted molar refractivity (Wildman–Crippen MR) is 203 cm³/mol. The number of H-pyrrole nitrogens is 1. The summed E-state index contributed by atoms with van der Waals surface area (Å²) in [6.45, 7) is 16.2. The number of aromatic amines is 1. The van der Waals surface area contributed by atoms with Crippen LogP contribution in [-0.2, 0) is 16.8 Å². The Labute approximate surface area is 302 Å². The third-order valence-corrected chi connectivity index (χ3v) is 8.73. The van der Waals surface area contributed by atoms with Crippen LogP contribution in [0.3, 0.4) is 0 Å². The number of aliphatic hydroxyl groups is 1. The molecular weight excluding hydrogens is 661 g/mol. The number of pyridine rings is 1. The van der Waals surface area contributed by atoms with Gasteiger partial charge in [0.1, 0.15) is 11.6 Å². The van der Waals surface area contributed by atoms with Crippen molar-refractivity contribution >= 4 is 33.8 Å². The summed E-state index contributed by atoms with van der Waals surface area (Å²) in [6, 6.07) is 11.7. The Balaban J connectivity index is 0.00000124. The quantitative estimate of drug-likeness (QED) is 0.141. The van der Waals surface area contributed by atoms with Gasteiger partial charge in [0.25, 0.3) is 11.5 Å². The summed E-state index contributed by atoms with van der Waals surface area (Å²) in [7, 11) is 0. The summed E-state index contributed by atoms with van der Waals surface area (Å²) < 4.78 is 21.8. The highest BCUT2D eigenvalue weighted by atomic mass is 19.1. The Kier molecular flexibility index (Phi) is 12.1. The number of carbonyl (C=O) groups excluding carboxylic acids is 1. The summed E-state index contributed by atoms with van der Waals surface area (Å²) in [5, 5.41) is 18.5. The topological polar surface area (TPSA) is 138 Å². The number of aliphatic hydroxyl groups excluding tert-OH is 1. The number of allylic oxidation sites excluding steroid dienone is 2. The van der Waals surface area contributed by atoms with E-state index in [1.54, 1.807) is 59.8 Å². The van der Waals surface area contributed by atoms with Gasteiger partial charge in [0, 0.05) is 42.6 Å². The molecule has 2 aromatic carbocycles. The lowest BCUT2D eigenvalue weighted by molar-refractivity contribution is 0.0302. The zero-order valence-electron chi connectivity index (χ0n) is 30.4. The molecule has 52 heavy (non-hydrogen) atoms. The molecule has 4 heterocycles.